The third kappa shape index (κ3) is 4.88. The van der Waals surface area contributed by atoms with Gasteiger partial charge in [-0.25, -0.2) is 4.98 Å². The molecule has 0 aliphatic carbocycles. The van der Waals surface area contributed by atoms with Crippen LogP contribution in [0.4, 0.5) is 0 Å². The SMILES string of the molecule is C[C@H](NC(=O)c1cc(Cl)cc2ncn(Cc3cccc(Cl)c3)c12)c1ccc(OCO)cc1. The van der Waals surface area contributed by atoms with Crippen LogP contribution in [0.1, 0.15) is 34.5 Å². The van der Waals surface area contributed by atoms with Gasteiger partial charge in [-0.3, -0.25) is 4.79 Å². The van der Waals surface area contributed by atoms with Crippen LogP contribution in [0.5, 0.6) is 5.75 Å². The summed E-state index contributed by atoms with van der Waals surface area (Å²) in [6.45, 7) is 2.02. The van der Waals surface area contributed by atoms with E-state index in [1.54, 1.807) is 30.6 Å². The van der Waals surface area contributed by atoms with Crippen molar-refractivity contribution < 1.29 is 14.6 Å². The minimum atomic E-state index is -0.390. The topological polar surface area (TPSA) is 76.4 Å². The van der Waals surface area contributed by atoms with Gasteiger partial charge in [0.2, 0.25) is 0 Å². The van der Waals surface area contributed by atoms with E-state index in [4.69, 9.17) is 33.0 Å². The molecule has 1 atom stereocenters. The summed E-state index contributed by atoms with van der Waals surface area (Å²) in [4.78, 5) is 17.7. The molecule has 1 aromatic heterocycles. The molecule has 2 N–H and O–H groups in total. The molecule has 0 spiro atoms. The standard InChI is InChI=1S/C24H21Cl2N3O3/c1-15(17-5-7-20(8-6-17)32-14-30)28-24(31)21-10-19(26)11-22-23(21)29(13-27-22)12-16-3-2-4-18(25)9-16/h2-11,13,15,30H,12,14H2,1H3,(H,28,31)/t15-/m0/s1. The number of aromatic nitrogens is 2. The molecule has 4 aromatic rings. The number of halogens is 2. The summed E-state index contributed by atoms with van der Waals surface area (Å²) in [6.07, 6.45) is 1.70. The van der Waals surface area contributed by atoms with Crippen molar-refractivity contribution in [2.75, 3.05) is 6.79 Å². The van der Waals surface area contributed by atoms with Gasteiger partial charge in [-0.2, -0.15) is 0 Å². The van der Waals surface area contributed by atoms with Crippen molar-refractivity contribution in [3.8, 4) is 5.75 Å². The van der Waals surface area contributed by atoms with Gasteiger partial charge in [0.15, 0.2) is 6.79 Å². The lowest BCUT2D eigenvalue weighted by atomic mass is 10.1. The van der Waals surface area contributed by atoms with Crippen molar-refractivity contribution >= 4 is 40.1 Å². The average molecular weight is 470 g/mol. The lowest BCUT2D eigenvalue weighted by molar-refractivity contribution is 0.0941. The van der Waals surface area contributed by atoms with Crippen molar-refractivity contribution in [3.05, 3.63) is 93.7 Å². The summed E-state index contributed by atoms with van der Waals surface area (Å²) in [5, 5.41) is 13.0. The third-order valence-corrected chi connectivity index (χ3v) is 5.58. The second-order valence-electron chi connectivity index (χ2n) is 7.36. The van der Waals surface area contributed by atoms with Crippen molar-refractivity contribution in [1.82, 2.24) is 14.9 Å². The molecule has 164 valence electrons. The van der Waals surface area contributed by atoms with Crippen molar-refractivity contribution in [3.63, 3.8) is 0 Å². The van der Waals surface area contributed by atoms with Crippen LogP contribution in [-0.4, -0.2) is 27.4 Å². The molecule has 0 bridgehead atoms. The first-order valence-corrected chi connectivity index (χ1v) is 10.7. The highest BCUT2D eigenvalue weighted by atomic mass is 35.5. The maximum Gasteiger partial charge on any atom is 0.254 e. The molecule has 0 unspecified atom stereocenters. The number of imidazole rings is 1. The molecule has 1 amide bonds. The van der Waals surface area contributed by atoms with Gasteiger partial charge in [0.25, 0.3) is 5.91 Å². The van der Waals surface area contributed by atoms with Crippen LogP contribution in [0.3, 0.4) is 0 Å². The smallest absolute Gasteiger partial charge is 0.254 e. The maximum absolute atomic E-state index is 13.2. The van der Waals surface area contributed by atoms with Gasteiger partial charge in [0.1, 0.15) is 5.75 Å². The van der Waals surface area contributed by atoms with Crippen LogP contribution in [0.25, 0.3) is 11.0 Å². The van der Waals surface area contributed by atoms with E-state index in [-0.39, 0.29) is 18.7 Å². The minimum Gasteiger partial charge on any atom is -0.468 e. The number of ether oxygens (including phenoxy) is 1. The minimum absolute atomic E-state index is 0.256. The third-order valence-electron chi connectivity index (χ3n) is 5.12. The van der Waals surface area contributed by atoms with E-state index < -0.39 is 0 Å². The van der Waals surface area contributed by atoms with Crippen LogP contribution >= 0.6 is 23.2 Å². The molecule has 0 aliphatic heterocycles. The zero-order valence-corrected chi connectivity index (χ0v) is 18.8. The van der Waals surface area contributed by atoms with Gasteiger partial charge < -0.3 is 19.7 Å². The Morgan fingerprint density at radius 2 is 1.91 bits per heavy atom. The highest BCUT2D eigenvalue weighted by Crippen LogP contribution is 2.26. The first-order valence-electron chi connectivity index (χ1n) is 9.98. The van der Waals surface area contributed by atoms with Crippen molar-refractivity contribution in [2.45, 2.75) is 19.5 Å². The fraction of sp³-hybridized carbons (Fsp3) is 0.167. The van der Waals surface area contributed by atoms with Crippen LogP contribution in [0, 0.1) is 0 Å². The Kier molecular flexibility index (Phi) is 6.65. The van der Waals surface area contributed by atoms with Crippen LogP contribution in [0.2, 0.25) is 10.0 Å². The number of hydrogen-bond acceptors (Lipinski definition) is 4. The number of carbonyl (C=O) groups excluding carboxylic acids is 1. The second-order valence-corrected chi connectivity index (χ2v) is 8.23. The normalized spacial score (nSPS) is 12.0. The number of nitrogens with one attached hydrogen (secondary N) is 1. The fourth-order valence-electron chi connectivity index (χ4n) is 3.58. The number of fused-ring (bicyclic) bond motifs is 1. The molecule has 6 nitrogen and oxygen atoms in total. The average Bonchev–Trinajstić information content (AvgIpc) is 3.16. The first kappa shape index (κ1) is 22.1. The molecule has 32 heavy (non-hydrogen) atoms. The van der Waals surface area contributed by atoms with Gasteiger partial charge in [-0.05, 0) is 54.4 Å². The monoisotopic (exact) mass is 469 g/mol. The molecule has 0 fully saturated rings. The van der Waals surface area contributed by atoms with Gasteiger partial charge >= 0.3 is 0 Å². The number of carbonyl (C=O) groups is 1. The number of rotatable bonds is 7. The molecule has 0 aliphatic rings. The summed E-state index contributed by atoms with van der Waals surface area (Å²) < 4.78 is 6.96. The number of nitrogens with zero attached hydrogens (tertiary/aromatic N) is 2. The lowest BCUT2D eigenvalue weighted by Crippen LogP contribution is -2.27. The number of benzene rings is 3. The zero-order valence-electron chi connectivity index (χ0n) is 17.3. The molecule has 3 aromatic carbocycles. The first-order chi connectivity index (χ1) is 15.4. The molecule has 0 radical (unpaired) electrons. The van der Waals surface area contributed by atoms with E-state index in [9.17, 15) is 4.79 Å². The summed E-state index contributed by atoms with van der Waals surface area (Å²) in [5.74, 6) is 0.296. The summed E-state index contributed by atoms with van der Waals surface area (Å²) in [7, 11) is 0. The molecule has 0 saturated heterocycles. The molecule has 0 saturated carbocycles. The van der Waals surface area contributed by atoms with E-state index in [0.29, 0.717) is 38.9 Å². The highest BCUT2D eigenvalue weighted by Gasteiger charge is 2.19. The Labute approximate surface area is 195 Å². The van der Waals surface area contributed by atoms with Crippen LogP contribution < -0.4 is 10.1 Å². The maximum atomic E-state index is 13.2. The molecular formula is C24H21Cl2N3O3. The quantitative estimate of drug-likeness (QED) is 0.364. The Morgan fingerprint density at radius 1 is 1.12 bits per heavy atom. The largest absolute Gasteiger partial charge is 0.468 e. The van der Waals surface area contributed by atoms with Gasteiger partial charge in [0, 0.05) is 16.6 Å². The second kappa shape index (κ2) is 9.61. The highest BCUT2D eigenvalue weighted by molar-refractivity contribution is 6.32. The van der Waals surface area contributed by atoms with Crippen LogP contribution in [0.15, 0.2) is 67.0 Å². The van der Waals surface area contributed by atoms with Crippen LogP contribution in [-0.2, 0) is 6.54 Å². The van der Waals surface area contributed by atoms with Gasteiger partial charge in [-0.15, -0.1) is 0 Å². The van der Waals surface area contributed by atoms with Crippen molar-refractivity contribution in [1.29, 1.82) is 0 Å². The predicted molar refractivity (Wildman–Crippen MR) is 125 cm³/mol. The summed E-state index contributed by atoms with van der Waals surface area (Å²) >= 11 is 12.4. The number of aliphatic hydroxyl groups excluding tert-OH is 1. The molecule has 1 heterocycles. The number of amides is 1. The summed E-state index contributed by atoms with van der Waals surface area (Å²) in [6, 6.07) is 17.9. The molecular weight excluding hydrogens is 449 g/mol. The van der Waals surface area contributed by atoms with E-state index in [1.165, 1.54) is 0 Å². The van der Waals surface area contributed by atoms with E-state index >= 15 is 0 Å². The van der Waals surface area contributed by atoms with Crippen molar-refractivity contribution in [2.24, 2.45) is 0 Å². The Hall–Kier alpha value is -3.06. The summed E-state index contributed by atoms with van der Waals surface area (Å²) in [5.41, 5.74) is 3.68. The Bertz CT molecular complexity index is 1260. The lowest BCUT2D eigenvalue weighted by Gasteiger charge is -2.16. The van der Waals surface area contributed by atoms with E-state index in [0.717, 1.165) is 11.1 Å². The Balaban J connectivity index is 1.62. The predicted octanol–water partition coefficient (Wildman–Crippen LogP) is 5.21. The van der Waals surface area contributed by atoms with E-state index in [2.05, 4.69) is 10.3 Å². The number of hydrogen-bond donors (Lipinski definition) is 2. The zero-order chi connectivity index (χ0) is 22.7. The van der Waals surface area contributed by atoms with E-state index in [1.807, 2.05) is 47.9 Å². The van der Waals surface area contributed by atoms with Gasteiger partial charge in [0.05, 0.1) is 29.0 Å². The molecule has 4 rings (SSSR count). The fourth-order valence-corrected chi connectivity index (χ4v) is 4.01. The number of aliphatic hydroxyl groups is 1. The van der Waals surface area contributed by atoms with Gasteiger partial charge in [-0.1, -0.05) is 47.5 Å². The molecule has 8 heteroatoms. The Morgan fingerprint density at radius 3 is 2.62 bits per heavy atom.